The van der Waals surface area contributed by atoms with Crippen LogP contribution in [0.15, 0.2) is 42.5 Å². The Kier molecular flexibility index (Phi) is 4.66. The van der Waals surface area contributed by atoms with E-state index in [1.165, 1.54) is 11.1 Å². The second kappa shape index (κ2) is 7.26. The third-order valence-electron chi connectivity index (χ3n) is 5.13. The van der Waals surface area contributed by atoms with Gasteiger partial charge in [0, 0.05) is 5.56 Å². The van der Waals surface area contributed by atoms with Crippen LogP contribution in [0.3, 0.4) is 0 Å². The molecule has 1 aromatic heterocycles. The summed E-state index contributed by atoms with van der Waals surface area (Å²) in [6.07, 6.45) is 1.83. The highest BCUT2D eigenvalue weighted by atomic mass is 16.5. The average Bonchev–Trinajstić information content (AvgIpc) is 3.21. The number of para-hydroxylation sites is 1. The van der Waals surface area contributed by atoms with Crippen molar-refractivity contribution in [1.82, 2.24) is 20.2 Å². The number of nitrogens with zero attached hydrogens (tertiary/aromatic N) is 4. The van der Waals surface area contributed by atoms with Crippen molar-refractivity contribution in [1.29, 1.82) is 0 Å². The molecular weight excluding hydrogens is 342 g/mol. The van der Waals surface area contributed by atoms with Crippen molar-refractivity contribution >= 4 is 5.95 Å². The van der Waals surface area contributed by atoms with Crippen LogP contribution in [-0.4, -0.2) is 34.4 Å². The van der Waals surface area contributed by atoms with Gasteiger partial charge in [-0.05, 0) is 40.5 Å². The molecule has 0 saturated heterocycles. The van der Waals surface area contributed by atoms with Crippen LogP contribution in [0.1, 0.15) is 42.1 Å². The first-order chi connectivity index (χ1) is 13.2. The second-order valence-corrected chi connectivity index (χ2v) is 6.57. The van der Waals surface area contributed by atoms with Crippen LogP contribution in [0, 0.1) is 0 Å². The standard InChI is InChI=1S/C20H23N5O2/c1-4-13-8-10-14(11-9-13)16-12-17(25-20(21-16)22-23-24-25)15-6-5-7-18(26-2)19(15)27-3/h5-11,16-17H,4,12H2,1-3H3,(H,21,22,24)/t16-,17+/m1/s1. The normalized spacial score (nSPS) is 18.5. The fourth-order valence-electron chi connectivity index (χ4n) is 3.67. The molecule has 4 rings (SSSR count). The summed E-state index contributed by atoms with van der Waals surface area (Å²) in [7, 11) is 3.30. The number of hydrogen-bond acceptors (Lipinski definition) is 6. The molecule has 2 aromatic carbocycles. The first-order valence-corrected chi connectivity index (χ1v) is 9.09. The van der Waals surface area contributed by atoms with E-state index < -0.39 is 0 Å². The molecule has 7 nitrogen and oxygen atoms in total. The average molecular weight is 365 g/mol. The molecule has 1 aliphatic heterocycles. The van der Waals surface area contributed by atoms with Crippen molar-refractivity contribution in [3.63, 3.8) is 0 Å². The summed E-state index contributed by atoms with van der Waals surface area (Å²) >= 11 is 0. The van der Waals surface area contributed by atoms with Gasteiger partial charge >= 0.3 is 0 Å². The number of aromatic nitrogens is 4. The van der Waals surface area contributed by atoms with Crippen LogP contribution in [-0.2, 0) is 6.42 Å². The summed E-state index contributed by atoms with van der Waals surface area (Å²) in [5.74, 6) is 2.07. The molecule has 1 N–H and O–H groups in total. The Morgan fingerprint density at radius 1 is 1.11 bits per heavy atom. The van der Waals surface area contributed by atoms with Gasteiger partial charge in [-0.1, -0.05) is 48.4 Å². The quantitative estimate of drug-likeness (QED) is 0.747. The van der Waals surface area contributed by atoms with Gasteiger partial charge in [0.25, 0.3) is 0 Å². The zero-order valence-electron chi connectivity index (χ0n) is 15.7. The molecule has 0 unspecified atom stereocenters. The van der Waals surface area contributed by atoms with Crippen LogP contribution in [0.2, 0.25) is 0 Å². The number of anilines is 1. The third kappa shape index (κ3) is 3.09. The van der Waals surface area contributed by atoms with E-state index in [0.29, 0.717) is 17.4 Å². The summed E-state index contributed by atoms with van der Waals surface area (Å²) in [5.41, 5.74) is 3.54. The number of tetrazole rings is 1. The van der Waals surface area contributed by atoms with E-state index in [9.17, 15) is 0 Å². The highest BCUT2D eigenvalue weighted by Gasteiger charge is 2.33. The Bertz CT molecular complexity index is 922. The fraction of sp³-hybridized carbons (Fsp3) is 0.350. The Hall–Kier alpha value is -3.09. The first-order valence-electron chi connectivity index (χ1n) is 9.09. The number of fused-ring (bicyclic) bond motifs is 1. The predicted octanol–water partition coefficient (Wildman–Crippen LogP) is 3.40. The van der Waals surface area contributed by atoms with Crippen LogP contribution in [0.25, 0.3) is 0 Å². The number of hydrogen-bond donors (Lipinski definition) is 1. The molecule has 0 saturated carbocycles. The van der Waals surface area contributed by atoms with Gasteiger partial charge in [-0.2, -0.15) is 0 Å². The molecule has 1 aliphatic rings. The number of ether oxygens (including phenoxy) is 2. The zero-order chi connectivity index (χ0) is 18.8. The molecule has 27 heavy (non-hydrogen) atoms. The summed E-state index contributed by atoms with van der Waals surface area (Å²) in [6.45, 7) is 2.16. The lowest BCUT2D eigenvalue weighted by atomic mass is 9.92. The van der Waals surface area contributed by atoms with E-state index in [1.54, 1.807) is 14.2 Å². The predicted molar refractivity (Wildman–Crippen MR) is 102 cm³/mol. The molecule has 0 amide bonds. The van der Waals surface area contributed by atoms with Crippen LogP contribution < -0.4 is 14.8 Å². The maximum atomic E-state index is 5.66. The van der Waals surface area contributed by atoms with Crippen molar-refractivity contribution in [3.8, 4) is 11.5 Å². The van der Waals surface area contributed by atoms with Crippen molar-refractivity contribution < 1.29 is 9.47 Å². The lowest BCUT2D eigenvalue weighted by Crippen LogP contribution is -2.28. The topological polar surface area (TPSA) is 74.1 Å². The van der Waals surface area contributed by atoms with E-state index in [2.05, 4.69) is 52.0 Å². The highest BCUT2D eigenvalue weighted by molar-refractivity contribution is 5.50. The smallest absolute Gasteiger partial charge is 0.243 e. The summed E-state index contributed by atoms with van der Waals surface area (Å²) in [5, 5.41) is 15.7. The van der Waals surface area contributed by atoms with Gasteiger partial charge in [0.2, 0.25) is 5.95 Å². The molecular formula is C20H23N5O2. The van der Waals surface area contributed by atoms with Crippen molar-refractivity contribution in [3.05, 3.63) is 59.2 Å². The van der Waals surface area contributed by atoms with Gasteiger partial charge in [0.1, 0.15) is 0 Å². The molecule has 0 spiro atoms. The lowest BCUT2D eigenvalue weighted by molar-refractivity contribution is 0.339. The van der Waals surface area contributed by atoms with Gasteiger partial charge in [-0.3, -0.25) is 0 Å². The van der Waals surface area contributed by atoms with E-state index in [1.807, 2.05) is 22.9 Å². The first kappa shape index (κ1) is 17.3. The van der Waals surface area contributed by atoms with Crippen molar-refractivity contribution in [2.75, 3.05) is 19.5 Å². The monoisotopic (exact) mass is 365 g/mol. The Morgan fingerprint density at radius 2 is 1.93 bits per heavy atom. The van der Waals surface area contributed by atoms with Gasteiger partial charge in [-0.25, -0.2) is 4.68 Å². The summed E-state index contributed by atoms with van der Waals surface area (Å²) in [4.78, 5) is 0. The summed E-state index contributed by atoms with van der Waals surface area (Å²) in [6, 6.07) is 14.7. The summed E-state index contributed by atoms with van der Waals surface area (Å²) < 4.78 is 12.9. The number of methoxy groups -OCH3 is 2. The largest absolute Gasteiger partial charge is 0.493 e. The Labute approximate surface area is 158 Å². The minimum absolute atomic E-state index is 0.0582. The van der Waals surface area contributed by atoms with Gasteiger partial charge in [0.15, 0.2) is 11.5 Å². The maximum absolute atomic E-state index is 5.66. The molecule has 140 valence electrons. The molecule has 2 heterocycles. The molecule has 2 atom stereocenters. The lowest BCUT2D eigenvalue weighted by Gasteiger charge is -2.32. The minimum Gasteiger partial charge on any atom is -0.493 e. The molecule has 0 bridgehead atoms. The minimum atomic E-state index is -0.0582. The van der Waals surface area contributed by atoms with Crippen LogP contribution in [0.4, 0.5) is 5.95 Å². The number of aryl methyl sites for hydroxylation is 1. The zero-order valence-corrected chi connectivity index (χ0v) is 15.7. The van der Waals surface area contributed by atoms with E-state index in [0.717, 1.165) is 18.4 Å². The number of nitrogens with one attached hydrogen (secondary N) is 1. The van der Waals surface area contributed by atoms with E-state index >= 15 is 0 Å². The third-order valence-corrected chi connectivity index (χ3v) is 5.13. The highest BCUT2D eigenvalue weighted by Crippen LogP contribution is 2.43. The molecule has 0 fully saturated rings. The van der Waals surface area contributed by atoms with Crippen LogP contribution in [0.5, 0.6) is 11.5 Å². The molecule has 0 radical (unpaired) electrons. The number of rotatable bonds is 5. The molecule has 0 aliphatic carbocycles. The second-order valence-electron chi connectivity index (χ2n) is 6.57. The Balaban J connectivity index is 1.75. The number of benzene rings is 2. The van der Waals surface area contributed by atoms with E-state index in [-0.39, 0.29) is 12.1 Å². The van der Waals surface area contributed by atoms with Gasteiger partial charge in [0.05, 0.1) is 26.3 Å². The van der Waals surface area contributed by atoms with Gasteiger partial charge < -0.3 is 14.8 Å². The Morgan fingerprint density at radius 3 is 2.63 bits per heavy atom. The SMILES string of the molecule is CCc1ccc([C@H]2C[C@@H](c3cccc(OC)c3OC)n3nnnc3N2)cc1. The van der Waals surface area contributed by atoms with Gasteiger partial charge in [-0.15, -0.1) is 0 Å². The maximum Gasteiger partial charge on any atom is 0.243 e. The van der Waals surface area contributed by atoms with E-state index in [4.69, 9.17) is 9.47 Å². The molecule has 3 aromatic rings. The van der Waals surface area contributed by atoms with Crippen molar-refractivity contribution in [2.45, 2.75) is 31.8 Å². The van der Waals surface area contributed by atoms with Crippen molar-refractivity contribution in [2.24, 2.45) is 0 Å². The fourth-order valence-corrected chi connectivity index (χ4v) is 3.67. The molecule has 7 heteroatoms. The van der Waals surface area contributed by atoms with Crippen LogP contribution >= 0.6 is 0 Å².